The average Bonchev–Trinajstić information content (AvgIpc) is 3.01. The molecule has 0 unspecified atom stereocenters. The topological polar surface area (TPSA) is 65.4 Å². The van der Waals surface area contributed by atoms with Gasteiger partial charge in [-0.15, -0.1) is 0 Å². The molecule has 1 aliphatic heterocycles. The quantitative estimate of drug-likeness (QED) is 0.775. The lowest BCUT2D eigenvalue weighted by atomic mass is 10.00. The fourth-order valence-electron chi connectivity index (χ4n) is 2.98. The van der Waals surface area contributed by atoms with E-state index in [1.165, 1.54) is 0 Å². The zero-order chi connectivity index (χ0) is 17.6. The molecule has 0 saturated carbocycles. The van der Waals surface area contributed by atoms with Crippen molar-refractivity contribution < 1.29 is 4.79 Å². The van der Waals surface area contributed by atoms with Crippen LogP contribution in [0.1, 0.15) is 20.8 Å². The summed E-state index contributed by atoms with van der Waals surface area (Å²) in [6.45, 7) is 12.8. The first-order valence-corrected chi connectivity index (χ1v) is 8.79. The van der Waals surface area contributed by atoms with Crippen LogP contribution in [-0.4, -0.2) is 77.5 Å². The molecule has 136 valence electrons. The van der Waals surface area contributed by atoms with Crippen molar-refractivity contribution in [2.45, 2.75) is 32.9 Å². The number of carbonyl (C=O) groups is 1. The molecule has 24 heavy (non-hydrogen) atoms. The molecule has 1 aliphatic rings. The molecule has 0 aliphatic carbocycles. The second kappa shape index (κ2) is 8.48. The van der Waals surface area contributed by atoms with Crippen molar-refractivity contribution in [1.29, 1.82) is 0 Å². The molecule has 1 atom stereocenters. The fraction of sp³-hybridized carbons (Fsp3) is 0.765. The zero-order valence-electron chi connectivity index (χ0n) is 15.5. The third kappa shape index (κ3) is 5.79. The Hall–Kier alpha value is -1.60. The maximum atomic E-state index is 11.9. The van der Waals surface area contributed by atoms with Gasteiger partial charge in [-0.1, -0.05) is 6.92 Å². The van der Waals surface area contributed by atoms with E-state index in [0.29, 0.717) is 19.0 Å². The van der Waals surface area contributed by atoms with E-state index in [1.807, 2.05) is 16.9 Å². The summed E-state index contributed by atoms with van der Waals surface area (Å²) in [5, 5.41) is 10.1. The molecule has 2 N–H and O–H groups in total. The van der Waals surface area contributed by atoms with E-state index < -0.39 is 0 Å². The number of amides is 2. The van der Waals surface area contributed by atoms with Crippen LogP contribution in [0.3, 0.4) is 0 Å². The summed E-state index contributed by atoms with van der Waals surface area (Å²) in [5.41, 5.74) is 0.197. The lowest BCUT2D eigenvalue weighted by molar-refractivity contribution is 0.0410. The molecule has 0 spiro atoms. The number of piperazine rings is 1. The van der Waals surface area contributed by atoms with Gasteiger partial charge in [0.25, 0.3) is 0 Å². The highest BCUT2D eigenvalue weighted by molar-refractivity contribution is 5.73. The Morgan fingerprint density at radius 1 is 1.33 bits per heavy atom. The molecule has 1 aromatic rings. The van der Waals surface area contributed by atoms with Crippen molar-refractivity contribution in [1.82, 2.24) is 30.2 Å². The van der Waals surface area contributed by atoms with Crippen molar-refractivity contribution in [3.8, 4) is 0 Å². The Kier molecular flexibility index (Phi) is 6.62. The van der Waals surface area contributed by atoms with E-state index >= 15 is 0 Å². The van der Waals surface area contributed by atoms with Crippen molar-refractivity contribution in [2.75, 3.05) is 46.3 Å². The van der Waals surface area contributed by atoms with Crippen LogP contribution in [0.2, 0.25) is 0 Å². The fourth-order valence-corrected chi connectivity index (χ4v) is 2.98. The van der Waals surface area contributed by atoms with E-state index in [-0.39, 0.29) is 11.6 Å². The minimum atomic E-state index is -0.0873. The average molecular weight is 336 g/mol. The predicted octanol–water partition coefficient (Wildman–Crippen LogP) is 0.844. The monoisotopic (exact) mass is 336 g/mol. The van der Waals surface area contributed by atoms with Crippen LogP contribution in [0.15, 0.2) is 18.5 Å². The van der Waals surface area contributed by atoms with Gasteiger partial charge in [0.2, 0.25) is 0 Å². The lowest BCUT2D eigenvalue weighted by Gasteiger charge is -2.45. The molecule has 1 fully saturated rings. The van der Waals surface area contributed by atoms with Gasteiger partial charge >= 0.3 is 6.03 Å². The maximum absolute atomic E-state index is 11.9. The van der Waals surface area contributed by atoms with E-state index in [2.05, 4.69) is 53.4 Å². The number of hydrogen-bond acceptors (Lipinski definition) is 4. The minimum absolute atomic E-state index is 0.0873. The van der Waals surface area contributed by atoms with Gasteiger partial charge in [-0.3, -0.25) is 14.5 Å². The standard InChI is InChI=1S/C17H32N6O/c1-15(13-23-8-5-6-20-23)12-19-16(24)18-7-9-22-11-10-21(4)17(2,3)14-22/h5-6,8,15H,7,9-14H2,1-4H3,(H2,18,19,24)/t15-/m0/s1. The molecule has 1 aromatic heterocycles. The van der Waals surface area contributed by atoms with Gasteiger partial charge in [-0.2, -0.15) is 5.10 Å². The molecule has 2 rings (SSSR count). The first-order valence-electron chi connectivity index (χ1n) is 8.79. The van der Waals surface area contributed by atoms with Gasteiger partial charge in [-0.25, -0.2) is 4.79 Å². The van der Waals surface area contributed by atoms with E-state index in [1.54, 1.807) is 6.20 Å². The molecule has 1 saturated heterocycles. The normalized spacial score (nSPS) is 19.8. The molecule has 7 nitrogen and oxygen atoms in total. The first-order chi connectivity index (χ1) is 11.4. The van der Waals surface area contributed by atoms with Crippen LogP contribution in [0.5, 0.6) is 0 Å². The van der Waals surface area contributed by atoms with Gasteiger partial charge in [0.1, 0.15) is 0 Å². The Balaban J connectivity index is 1.58. The summed E-state index contributed by atoms with van der Waals surface area (Å²) in [4.78, 5) is 16.7. The molecule has 2 heterocycles. The van der Waals surface area contributed by atoms with Gasteiger partial charge in [-0.05, 0) is 32.9 Å². The number of urea groups is 1. The Morgan fingerprint density at radius 3 is 2.79 bits per heavy atom. The summed E-state index contributed by atoms with van der Waals surface area (Å²) in [5.74, 6) is 0.342. The predicted molar refractivity (Wildman–Crippen MR) is 95.9 cm³/mol. The van der Waals surface area contributed by atoms with E-state index in [4.69, 9.17) is 0 Å². The SMILES string of the molecule is C[C@@H](CNC(=O)NCCN1CCN(C)C(C)(C)C1)Cn1cccn1. The first kappa shape index (κ1) is 18.7. The highest BCUT2D eigenvalue weighted by Crippen LogP contribution is 2.18. The molecule has 2 amide bonds. The summed E-state index contributed by atoms with van der Waals surface area (Å²) < 4.78 is 1.89. The molecule has 0 bridgehead atoms. The largest absolute Gasteiger partial charge is 0.338 e. The Morgan fingerprint density at radius 2 is 2.12 bits per heavy atom. The number of nitrogens with one attached hydrogen (secondary N) is 2. The lowest BCUT2D eigenvalue weighted by Crippen LogP contribution is -2.58. The van der Waals surface area contributed by atoms with Crippen molar-refractivity contribution in [3.05, 3.63) is 18.5 Å². The zero-order valence-corrected chi connectivity index (χ0v) is 15.5. The minimum Gasteiger partial charge on any atom is -0.338 e. The maximum Gasteiger partial charge on any atom is 0.314 e. The van der Waals surface area contributed by atoms with E-state index in [0.717, 1.165) is 32.7 Å². The summed E-state index contributed by atoms with van der Waals surface area (Å²) >= 11 is 0. The number of aromatic nitrogens is 2. The number of rotatable bonds is 7. The second-order valence-electron chi connectivity index (χ2n) is 7.48. The molecular formula is C17H32N6O. The van der Waals surface area contributed by atoms with Crippen LogP contribution < -0.4 is 10.6 Å². The van der Waals surface area contributed by atoms with Crippen LogP contribution in [0, 0.1) is 5.92 Å². The number of likely N-dealkylation sites (N-methyl/N-ethyl adjacent to an activating group) is 1. The van der Waals surface area contributed by atoms with Gasteiger partial charge < -0.3 is 10.6 Å². The highest BCUT2D eigenvalue weighted by Gasteiger charge is 2.30. The number of nitrogens with zero attached hydrogens (tertiary/aromatic N) is 4. The van der Waals surface area contributed by atoms with Crippen molar-refractivity contribution in [2.24, 2.45) is 5.92 Å². The number of carbonyl (C=O) groups excluding carboxylic acids is 1. The highest BCUT2D eigenvalue weighted by atomic mass is 16.2. The van der Waals surface area contributed by atoms with Gasteiger partial charge in [0, 0.05) is 63.7 Å². The number of hydrogen-bond donors (Lipinski definition) is 2. The summed E-state index contributed by atoms with van der Waals surface area (Å²) in [6, 6.07) is 1.82. The van der Waals surface area contributed by atoms with Crippen LogP contribution in [-0.2, 0) is 6.54 Å². The van der Waals surface area contributed by atoms with Crippen molar-refractivity contribution >= 4 is 6.03 Å². The van der Waals surface area contributed by atoms with Gasteiger partial charge in [0.15, 0.2) is 0 Å². The van der Waals surface area contributed by atoms with E-state index in [9.17, 15) is 4.79 Å². The Bertz CT molecular complexity index is 501. The van der Waals surface area contributed by atoms with Crippen LogP contribution in [0.25, 0.3) is 0 Å². The van der Waals surface area contributed by atoms with Crippen LogP contribution in [0.4, 0.5) is 4.79 Å². The third-order valence-electron chi connectivity index (χ3n) is 4.78. The van der Waals surface area contributed by atoms with Crippen molar-refractivity contribution in [3.63, 3.8) is 0 Å². The Labute approximate surface area is 145 Å². The molecule has 0 radical (unpaired) electrons. The second-order valence-corrected chi connectivity index (χ2v) is 7.48. The summed E-state index contributed by atoms with van der Waals surface area (Å²) in [6.07, 6.45) is 3.71. The molecular weight excluding hydrogens is 304 g/mol. The molecule has 0 aromatic carbocycles. The summed E-state index contributed by atoms with van der Waals surface area (Å²) in [7, 11) is 2.17. The third-order valence-corrected chi connectivity index (χ3v) is 4.78. The van der Waals surface area contributed by atoms with Gasteiger partial charge in [0.05, 0.1) is 0 Å². The van der Waals surface area contributed by atoms with Crippen LogP contribution >= 0.6 is 0 Å². The smallest absolute Gasteiger partial charge is 0.314 e. The molecule has 7 heteroatoms.